The fourth-order valence-electron chi connectivity index (χ4n) is 4.54. The number of hydrogen-bond acceptors (Lipinski definition) is 4. The Morgan fingerprint density at radius 2 is 1.64 bits per heavy atom. The Morgan fingerprint density at radius 3 is 2.33 bits per heavy atom. The molecule has 6 rings (SSSR count). The van der Waals surface area contributed by atoms with Crippen LogP contribution in [0.5, 0.6) is 0 Å². The lowest BCUT2D eigenvalue weighted by atomic mass is 9.96. The summed E-state index contributed by atoms with van der Waals surface area (Å²) in [5.41, 5.74) is 3.44. The van der Waals surface area contributed by atoms with E-state index in [2.05, 4.69) is 17.1 Å². The first-order valence-corrected chi connectivity index (χ1v) is 11.0. The van der Waals surface area contributed by atoms with E-state index in [4.69, 9.17) is 16.6 Å². The summed E-state index contributed by atoms with van der Waals surface area (Å²) in [5, 5.41) is 23.5. The SMILES string of the molecule is N#Cc1cccc(C#N)c1-c1nc2c3ccc(C(=O)C4CC4)cc3c3cc(Cl)ccc3c2[nH]1. The van der Waals surface area contributed by atoms with Crippen LogP contribution >= 0.6 is 11.6 Å². The molecule has 1 heterocycles. The van der Waals surface area contributed by atoms with Crippen molar-refractivity contribution in [2.75, 3.05) is 0 Å². The van der Waals surface area contributed by atoms with E-state index in [9.17, 15) is 15.3 Å². The molecule has 0 aliphatic heterocycles. The van der Waals surface area contributed by atoms with E-state index in [1.165, 1.54) is 0 Å². The highest BCUT2D eigenvalue weighted by Gasteiger charge is 2.30. The average Bonchev–Trinajstić information content (AvgIpc) is 3.61. The van der Waals surface area contributed by atoms with Gasteiger partial charge < -0.3 is 4.98 Å². The fraction of sp³-hybridized carbons (Fsp3) is 0.111. The van der Waals surface area contributed by atoms with Crippen LogP contribution in [0.4, 0.5) is 0 Å². The Hall–Kier alpha value is -4.19. The molecule has 0 radical (unpaired) electrons. The molecule has 1 saturated carbocycles. The van der Waals surface area contributed by atoms with Crippen LogP contribution in [-0.4, -0.2) is 15.8 Å². The molecule has 0 unspecified atom stereocenters. The summed E-state index contributed by atoms with van der Waals surface area (Å²) in [4.78, 5) is 20.9. The Bertz CT molecular complexity index is 1700. The van der Waals surface area contributed by atoms with E-state index in [1.54, 1.807) is 18.2 Å². The van der Waals surface area contributed by atoms with E-state index < -0.39 is 0 Å². The predicted molar refractivity (Wildman–Crippen MR) is 128 cm³/mol. The van der Waals surface area contributed by atoms with Crippen LogP contribution < -0.4 is 0 Å². The van der Waals surface area contributed by atoms with Crippen molar-refractivity contribution in [1.29, 1.82) is 10.5 Å². The van der Waals surface area contributed by atoms with E-state index >= 15 is 0 Å². The zero-order chi connectivity index (χ0) is 22.7. The van der Waals surface area contributed by atoms with Crippen molar-refractivity contribution >= 4 is 50.0 Å². The molecule has 1 aromatic heterocycles. The molecular weight excluding hydrogens is 432 g/mol. The van der Waals surface area contributed by atoms with Crippen LogP contribution in [0, 0.1) is 28.6 Å². The van der Waals surface area contributed by atoms with Crippen molar-refractivity contribution in [3.63, 3.8) is 0 Å². The molecule has 1 aliphatic rings. The molecule has 4 aromatic carbocycles. The number of nitrogens with zero attached hydrogens (tertiary/aromatic N) is 3. The minimum atomic E-state index is 0.130. The number of aromatic amines is 1. The van der Waals surface area contributed by atoms with Gasteiger partial charge in [0.15, 0.2) is 5.78 Å². The molecule has 5 nitrogen and oxygen atoms in total. The number of carbonyl (C=O) groups excluding carboxylic acids is 1. The summed E-state index contributed by atoms with van der Waals surface area (Å²) < 4.78 is 0. The van der Waals surface area contributed by atoms with Crippen LogP contribution in [0.2, 0.25) is 5.02 Å². The normalized spacial score (nSPS) is 13.3. The molecule has 33 heavy (non-hydrogen) atoms. The van der Waals surface area contributed by atoms with Gasteiger partial charge in [-0.3, -0.25) is 4.79 Å². The third kappa shape index (κ3) is 2.98. The largest absolute Gasteiger partial charge is 0.337 e. The molecule has 5 aromatic rings. The minimum Gasteiger partial charge on any atom is -0.337 e. The summed E-state index contributed by atoms with van der Waals surface area (Å²) in [5.74, 6) is 0.766. The monoisotopic (exact) mass is 446 g/mol. The van der Waals surface area contributed by atoms with Crippen LogP contribution in [0.15, 0.2) is 54.6 Å². The molecule has 0 amide bonds. The zero-order valence-corrected chi connectivity index (χ0v) is 18.1. The summed E-state index contributed by atoms with van der Waals surface area (Å²) in [7, 11) is 0. The maximum atomic E-state index is 12.7. The third-order valence-corrected chi connectivity index (χ3v) is 6.53. The Kier molecular flexibility index (Phi) is 4.23. The fourth-order valence-corrected chi connectivity index (χ4v) is 4.71. The topological polar surface area (TPSA) is 93.3 Å². The molecule has 0 spiro atoms. The van der Waals surface area contributed by atoms with Crippen LogP contribution in [0.1, 0.15) is 34.3 Å². The molecule has 1 aliphatic carbocycles. The highest BCUT2D eigenvalue weighted by molar-refractivity contribution is 6.33. The second-order valence-corrected chi connectivity index (χ2v) is 8.79. The van der Waals surface area contributed by atoms with Crippen molar-refractivity contribution in [3.8, 4) is 23.5 Å². The number of Topliss-reactive ketones (excluding diaryl/α,β-unsaturated/α-hetero) is 1. The van der Waals surface area contributed by atoms with Crippen LogP contribution in [-0.2, 0) is 0 Å². The standard InChI is InChI=1S/C27H15ClN4O/c28-18-7-9-20-22(11-18)21-10-15(26(33)14-4-5-14)6-8-19(21)24-25(20)32-27(31-24)23-16(12-29)2-1-3-17(23)13-30/h1-3,6-11,14H,4-5H2,(H,31,32). The highest BCUT2D eigenvalue weighted by Crippen LogP contribution is 2.39. The number of rotatable bonds is 3. The van der Waals surface area contributed by atoms with Crippen molar-refractivity contribution in [3.05, 3.63) is 76.3 Å². The lowest BCUT2D eigenvalue weighted by molar-refractivity contribution is 0.0968. The number of halogens is 1. The minimum absolute atomic E-state index is 0.130. The summed E-state index contributed by atoms with van der Waals surface area (Å²) in [6, 6.07) is 20.7. The number of ketones is 1. The van der Waals surface area contributed by atoms with Gasteiger partial charge in [-0.1, -0.05) is 35.9 Å². The Balaban J connectivity index is 1.71. The van der Waals surface area contributed by atoms with Gasteiger partial charge >= 0.3 is 0 Å². The molecular formula is C27H15ClN4O. The Labute approximate surface area is 193 Å². The van der Waals surface area contributed by atoms with Gasteiger partial charge in [-0.05, 0) is 53.9 Å². The molecule has 0 bridgehead atoms. The average molecular weight is 447 g/mol. The number of imidazole rings is 1. The number of fused-ring (bicyclic) bond motifs is 6. The summed E-state index contributed by atoms with van der Waals surface area (Å²) >= 11 is 6.35. The number of aromatic nitrogens is 2. The van der Waals surface area contributed by atoms with Gasteiger partial charge in [0.05, 0.1) is 39.9 Å². The van der Waals surface area contributed by atoms with Gasteiger partial charge in [0.1, 0.15) is 5.82 Å². The quantitative estimate of drug-likeness (QED) is 0.252. The number of carbonyl (C=O) groups is 1. The molecule has 1 N–H and O–H groups in total. The zero-order valence-electron chi connectivity index (χ0n) is 17.3. The maximum absolute atomic E-state index is 12.7. The first-order chi connectivity index (χ1) is 16.1. The van der Waals surface area contributed by atoms with Crippen LogP contribution in [0.3, 0.4) is 0 Å². The lowest BCUT2D eigenvalue weighted by Gasteiger charge is -2.08. The lowest BCUT2D eigenvalue weighted by Crippen LogP contribution is -2.00. The van der Waals surface area contributed by atoms with Gasteiger partial charge in [-0.2, -0.15) is 10.5 Å². The second kappa shape index (κ2) is 7.17. The smallest absolute Gasteiger partial charge is 0.165 e. The molecule has 0 atom stereocenters. The first kappa shape index (κ1) is 19.5. The number of nitrogens with one attached hydrogen (secondary N) is 1. The van der Waals surface area contributed by atoms with E-state index in [0.717, 1.165) is 45.4 Å². The highest BCUT2D eigenvalue weighted by atomic mass is 35.5. The van der Waals surface area contributed by atoms with E-state index in [1.807, 2.05) is 36.4 Å². The van der Waals surface area contributed by atoms with Crippen molar-refractivity contribution in [2.45, 2.75) is 12.8 Å². The predicted octanol–water partition coefficient (Wildman–Crippen LogP) is 6.53. The molecule has 0 saturated heterocycles. The van der Waals surface area contributed by atoms with E-state index in [0.29, 0.717) is 33.1 Å². The van der Waals surface area contributed by atoms with Crippen molar-refractivity contribution < 1.29 is 4.79 Å². The number of nitriles is 2. The first-order valence-electron chi connectivity index (χ1n) is 10.6. The van der Waals surface area contributed by atoms with Gasteiger partial charge in [0.25, 0.3) is 0 Å². The number of hydrogen-bond donors (Lipinski definition) is 1. The third-order valence-electron chi connectivity index (χ3n) is 6.29. The Morgan fingerprint density at radius 1 is 0.939 bits per heavy atom. The van der Waals surface area contributed by atoms with Gasteiger partial charge in [-0.25, -0.2) is 4.98 Å². The second-order valence-electron chi connectivity index (χ2n) is 8.35. The van der Waals surface area contributed by atoms with Gasteiger partial charge in [0, 0.05) is 27.3 Å². The molecule has 156 valence electrons. The van der Waals surface area contributed by atoms with Gasteiger partial charge in [-0.15, -0.1) is 0 Å². The van der Waals surface area contributed by atoms with Crippen molar-refractivity contribution in [1.82, 2.24) is 9.97 Å². The number of benzene rings is 4. The van der Waals surface area contributed by atoms with Crippen LogP contribution in [0.25, 0.3) is 44.0 Å². The summed E-state index contributed by atoms with van der Waals surface area (Å²) in [6.45, 7) is 0. The van der Waals surface area contributed by atoms with Crippen molar-refractivity contribution in [2.24, 2.45) is 5.92 Å². The van der Waals surface area contributed by atoms with Gasteiger partial charge in [0.2, 0.25) is 0 Å². The molecule has 1 fully saturated rings. The van der Waals surface area contributed by atoms with E-state index in [-0.39, 0.29) is 11.7 Å². The summed E-state index contributed by atoms with van der Waals surface area (Å²) in [6.07, 6.45) is 1.90. The molecule has 6 heteroatoms. The number of H-pyrrole nitrogens is 1. The maximum Gasteiger partial charge on any atom is 0.165 e.